The maximum Gasteiger partial charge on any atom is 0.118 e. The van der Waals surface area contributed by atoms with Gasteiger partial charge in [0.1, 0.15) is 5.75 Å². The lowest BCUT2D eigenvalue weighted by molar-refractivity contribution is 0.414. The summed E-state index contributed by atoms with van der Waals surface area (Å²) in [5.74, 6) is 0.851. The maximum atomic E-state index is 13.4. The first-order chi connectivity index (χ1) is 16.9. The number of methoxy groups -OCH3 is 1. The van der Waals surface area contributed by atoms with Crippen LogP contribution in [-0.2, 0) is 11.0 Å². The first-order valence-corrected chi connectivity index (χ1v) is 16.2. The van der Waals surface area contributed by atoms with E-state index >= 15 is 0 Å². The van der Waals surface area contributed by atoms with Crippen molar-refractivity contribution in [1.82, 2.24) is 4.72 Å². The van der Waals surface area contributed by atoms with Gasteiger partial charge in [0.15, 0.2) is 0 Å². The van der Waals surface area contributed by atoms with Gasteiger partial charge in [-0.05, 0) is 86.3 Å². The minimum absolute atomic E-state index is 0.102. The van der Waals surface area contributed by atoms with Crippen molar-refractivity contribution in [1.29, 1.82) is 0 Å². The summed E-state index contributed by atoms with van der Waals surface area (Å²) in [4.78, 5) is 0. The molecular weight excluding hydrogens is 469 g/mol. The van der Waals surface area contributed by atoms with Gasteiger partial charge < -0.3 is 4.74 Å². The van der Waals surface area contributed by atoms with Crippen molar-refractivity contribution >= 4 is 24.2 Å². The quantitative estimate of drug-likeness (QED) is 0.369. The molecule has 2 aliphatic carbocycles. The molecular formula is C30H44NO2PS. The molecule has 0 bridgehead atoms. The van der Waals surface area contributed by atoms with Gasteiger partial charge in [0.05, 0.1) is 28.9 Å². The monoisotopic (exact) mass is 513 g/mol. The first kappa shape index (κ1) is 26.8. The highest BCUT2D eigenvalue weighted by atomic mass is 32.2. The molecule has 2 aliphatic rings. The van der Waals surface area contributed by atoms with E-state index in [2.05, 4.69) is 41.1 Å². The molecule has 1 N–H and O–H groups in total. The van der Waals surface area contributed by atoms with Gasteiger partial charge in [0, 0.05) is 0 Å². The molecule has 192 valence electrons. The van der Waals surface area contributed by atoms with Crippen molar-refractivity contribution < 1.29 is 8.95 Å². The van der Waals surface area contributed by atoms with Gasteiger partial charge in [0.25, 0.3) is 0 Å². The van der Waals surface area contributed by atoms with Crippen LogP contribution in [-0.4, -0.2) is 27.4 Å². The van der Waals surface area contributed by atoms with Crippen LogP contribution in [0, 0.1) is 0 Å². The summed E-state index contributed by atoms with van der Waals surface area (Å²) < 4.78 is 22.1. The predicted molar refractivity (Wildman–Crippen MR) is 153 cm³/mol. The van der Waals surface area contributed by atoms with E-state index in [0.717, 1.165) is 22.6 Å². The number of hydrogen-bond acceptors (Lipinski definition) is 2. The minimum atomic E-state index is -1.18. The highest BCUT2D eigenvalue weighted by Crippen LogP contribution is 2.56. The minimum Gasteiger partial charge on any atom is -0.497 e. The number of rotatable bonds is 8. The van der Waals surface area contributed by atoms with E-state index < -0.39 is 11.0 Å². The molecule has 0 spiro atoms. The molecule has 4 rings (SSSR count). The lowest BCUT2D eigenvalue weighted by Gasteiger charge is -2.40. The van der Waals surface area contributed by atoms with Crippen molar-refractivity contribution in [2.75, 3.05) is 7.11 Å². The van der Waals surface area contributed by atoms with Crippen LogP contribution in [0.25, 0.3) is 0 Å². The smallest absolute Gasteiger partial charge is 0.118 e. The van der Waals surface area contributed by atoms with E-state index in [4.69, 9.17) is 4.74 Å². The summed E-state index contributed by atoms with van der Waals surface area (Å²) in [6.45, 7) is 6.14. The van der Waals surface area contributed by atoms with Crippen LogP contribution >= 0.6 is 7.92 Å². The maximum absolute atomic E-state index is 13.4. The number of nitrogens with one attached hydrogen (secondary N) is 1. The Labute approximate surface area is 217 Å². The standard InChI is InChI=1S/C30H44NO2PS/c1-30(2,3)35(32)31-29(23-19-21-24(33-4)22-20-23)27-17-11-12-18-28(27)34(25-13-7-5-8-14-25)26-15-9-6-10-16-26/h11-12,17-22,25-26,29,31H,5-10,13-16H2,1-4H3/t29-,35+/m0/s1. The fourth-order valence-electron chi connectivity index (χ4n) is 5.77. The molecule has 2 fully saturated rings. The predicted octanol–water partition coefficient (Wildman–Crippen LogP) is 7.61. The zero-order valence-electron chi connectivity index (χ0n) is 22.1. The molecule has 35 heavy (non-hydrogen) atoms. The van der Waals surface area contributed by atoms with Gasteiger partial charge in [-0.2, -0.15) is 0 Å². The van der Waals surface area contributed by atoms with E-state index in [1.165, 1.54) is 69.8 Å². The molecule has 2 atom stereocenters. The fraction of sp³-hybridized carbons (Fsp3) is 0.600. The van der Waals surface area contributed by atoms with E-state index in [9.17, 15) is 4.21 Å². The molecule has 2 saturated carbocycles. The molecule has 0 unspecified atom stereocenters. The summed E-state index contributed by atoms with van der Waals surface area (Å²) in [6.07, 6.45) is 13.8. The third kappa shape index (κ3) is 6.76. The lowest BCUT2D eigenvalue weighted by atomic mass is 9.99. The van der Waals surface area contributed by atoms with Crippen molar-refractivity contribution in [3.63, 3.8) is 0 Å². The molecule has 0 saturated heterocycles. The van der Waals surface area contributed by atoms with Crippen LogP contribution in [0.4, 0.5) is 0 Å². The van der Waals surface area contributed by atoms with E-state index in [1.54, 1.807) is 12.4 Å². The molecule has 0 amide bonds. The molecule has 2 aromatic carbocycles. The Kier molecular flexibility index (Phi) is 9.47. The summed E-state index contributed by atoms with van der Waals surface area (Å²) >= 11 is 0. The molecule has 0 heterocycles. The molecule has 3 nitrogen and oxygen atoms in total. The second kappa shape index (κ2) is 12.3. The van der Waals surface area contributed by atoms with Gasteiger partial charge in [-0.3, -0.25) is 0 Å². The van der Waals surface area contributed by atoms with Crippen LogP contribution in [0.1, 0.15) is 102 Å². The number of hydrogen-bond donors (Lipinski definition) is 1. The van der Waals surface area contributed by atoms with E-state index in [1.807, 2.05) is 32.9 Å². The second-order valence-electron chi connectivity index (χ2n) is 11.3. The Morgan fingerprint density at radius 3 is 1.91 bits per heavy atom. The zero-order chi connectivity index (χ0) is 24.8. The topological polar surface area (TPSA) is 38.3 Å². The van der Waals surface area contributed by atoms with E-state index in [-0.39, 0.29) is 18.7 Å². The summed E-state index contributed by atoms with van der Waals surface area (Å²) in [6, 6.07) is 17.4. The highest BCUT2D eigenvalue weighted by molar-refractivity contribution is 7.84. The Hall–Kier alpha value is -1.22. The van der Waals surface area contributed by atoms with Crippen LogP contribution in [0.5, 0.6) is 5.75 Å². The van der Waals surface area contributed by atoms with Crippen LogP contribution < -0.4 is 14.8 Å². The van der Waals surface area contributed by atoms with Crippen molar-refractivity contribution in [2.24, 2.45) is 0 Å². The number of benzene rings is 2. The van der Waals surface area contributed by atoms with Gasteiger partial charge in [-0.25, -0.2) is 8.93 Å². The van der Waals surface area contributed by atoms with E-state index in [0.29, 0.717) is 0 Å². The molecule has 0 aliphatic heterocycles. The SMILES string of the molecule is COc1ccc([C@H](N[S@](=O)C(C)(C)C)c2ccccc2P(C2CCCCC2)C2CCCCC2)cc1. The van der Waals surface area contributed by atoms with Crippen molar-refractivity contribution in [2.45, 2.75) is 107 Å². The van der Waals surface area contributed by atoms with Crippen molar-refractivity contribution in [3.05, 3.63) is 59.7 Å². The van der Waals surface area contributed by atoms with Gasteiger partial charge in [-0.1, -0.05) is 82.8 Å². The van der Waals surface area contributed by atoms with Crippen LogP contribution in [0.15, 0.2) is 48.5 Å². The Morgan fingerprint density at radius 1 is 0.857 bits per heavy atom. The molecule has 2 aromatic rings. The fourth-order valence-corrected chi connectivity index (χ4v) is 10.6. The third-order valence-electron chi connectivity index (χ3n) is 7.69. The normalized spacial score (nSPS) is 20.0. The molecule has 5 heteroatoms. The largest absolute Gasteiger partial charge is 0.497 e. The lowest BCUT2D eigenvalue weighted by Crippen LogP contribution is -2.38. The summed E-state index contributed by atoms with van der Waals surface area (Å²) in [5.41, 5.74) is 4.14. The Bertz CT molecular complexity index is 941. The second-order valence-corrected chi connectivity index (χ2v) is 16.0. The summed E-state index contributed by atoms with van der Waals surface area (Å²) in [7, 11) is 0.262. The molecule has 0 aromatic heterocycles. The average Bonchev–Trinajstić information content (AvgIpc) is 2.88. The summed E-state index contributed by atoms with van der Waals surface area (Å²) in [5, 5.41) is 1.56. The Balaban J connectivity index is 1.78. The third-order valence-corrected chi connectivity index (χ3v) is 12.8. The number of ether oxygens (including phenoxy) is 1. The first-order valence-electron chi connectivity index (χ1n) is 13.6. The van der Waals surface area contributed by atoms with Crippen LogP contribution in [0.2, 0.25) is 0 Å². The van der Waals surface area contributed by atoms with Gasteiger partial charge in [-0.15, -0.1) is 0 Å². The molecule has 0 radical (unpaired) electrons. The zero-order valence-corrected chi connectivity index (χ0v) is 23.8. The van der Waals surface area contributed by atoms with Crippen LogP contribution in [0.3, 0.4) is 0 Å². The van der Waals surface area contributed by atoms with Gasteiger partial charge >= 0.3 is 0 Å². The van der Waals surface area contributed by atoms with Gasteiger partial charge in [0.2, 0.25) is 0 Å². The highest BCUT2D eigenvalue weighted by Gasteiger charge is 2.35. The Morgan fingerprint density at radius 2 is 1.40 bits per heavy atom. The van der Waals surface area contributed by atoms with Crippen molar-refractivity contribution in [3.8, 4) is 5.75 Å². The average molecular weight is 514 g/mol.